The highest BCUT2D eigenvalue weighted by atomic mass is 32.1. The van der Waals surface area contributed by atoms with Gasteiger partial charge in [0.15, 0.2) is 5.82 Å². The fourth-order valence-corrected chi connectivity index (χ4v) is 3.35. The molecule has 7 nitrogen and oxygen atoms in total. The van der Waals surface area contributed by atoms with Gasteiger partial charge < -0.3 is 14.2 Å². The number of aryl methyl sites for hydroxylation is 1. The van der Waals surface area contributed by atoms with E-state index in [4.69, 9.17) is 4.74 Å². The summed E-state index contributed by atoms with van der Waals surface area (Å²) >= 11 is 1.67. The van der Waals surface area contributed by atoms with E-state index in [1.165, 1.54) is 4.57 Å². The topological polar surface area (TPSA) is 63.5 Å². The molecule has 3 heterocycles. The molecule has 23 heavy (non-hydrogen) atoms. The normalized spacial score (nSPS) is 19.0. The Morgan fingerprint density at radius 3 is 3.09 bits per heavy atom. The molecule has 3 rings (SSSR count). The number of hydrogen-bond donors (Lipinski definition) is 0. The smallest absolute Gasteiger partial charge is 0.293 e. The molecular weight excluding hydrogens is 314 g/mol. The molecule has 0 amide bonds. The molecule has 8 heteroatoms. The van der Waals surface area contributed by atoms with Crippen molar-refractivity contribution < 1.29 is 4.74 Å². The van der Waals surface area contributed by atoms with Crippen LogP contribution in [0.5, 0.6) is 0 Å². The molecule has 1 aliphatic heterocycles. The Morgan fingerprint density at radius 2 is 2.30 bits per heavy atom. The van der Waals surface area contributed by atoms with E-state index >= 15 is 0 Å². The summed E-state index contributed by atoms with van der Waals surface area (Å²) in [6.07, 6.45) is 5.19. The highest BCUT2D eigenvalue weighted by molar-refractivity contribution is 7.09. The van der Waals surface area contributed by atoms with E-state index in [0.717, 1.165) is 24.6 Å². The first kappa shape index (κ1) is 16.1. The zero-order chi connectivity index (χ0) is 16.2. The molecule has 2 aromatic heterocycles. The second kappa shape index (κ2) is 7.20. The number of anilines is 1. The zero-order valence-electron chi connectivity index (χ0n) is 13.4. The quantitative estimate of drug-likeness (QED) is 0.796. The fraction of sp³-hybridized carbons (Fsp3) is 0.533. The average molecular weight is 335 g/mol. The first-order valence-electron chi connectivity index (χ1n) is 7.58. The lowest BCUT2D eigenvalue weighted by Crippen LogP contribution is -2.47. The fourth-order valence-electron chi connectivity index (χ4n) is 2.70. The molecule has 0 bridgehead atoms. The summed E-state index contributed by atoms with van der Waals surface area (Å²) in [7, 11) is 3.61. The van der Waals surface area contributed by atoms with Gasteiger partial charge in [0.2, 0.25) is 0 Å². The van der Waals surface area contributed by atoms with Crippen molar-refractivity contribution in [1.82, 2.24) is 19.4 Å². The lowest BCUT2D eigenvalue weighted by Gasteiger charge is -2.34. The van der Waals surface area contributed by atoms with Gasteiger partial charge in [-0.1, -0.05) is 0 Å². The molecule has 0 radical (unpaired) electrons. The van der Waals surface area contributed by atoms with Crippen LogP contribution >= 0.6 is 11.3 Å². The highest BCUT2D eigenvalue weighted by Gasteiger charge is 2.23. The number of aromatic nitrogens is 3. The van der Waals surface area contributed by atoms with Gasteiger partial charge in [-0.05, 0) is 0 Å². The minimum absolute atomic E-state index is 0.0559. The monoisotopic (exact) mass is 335 g/mol. The number of thiazole rings is 1. The Kier molecular flexibility index (Phi) is 5.04. The molecule has 1 atom stereocenters. The van der Waals surface area contributed by atoms with E-state index in [-0.39, 0.29) is 11.7 Å². The molecule has 0 aliphatic carbocycles. The third-order valence-electron chi connectivity index (χ3n) is 3.90. The Bertz CT molecular complexity index is 687. The van der Waals surface area contributed by atoms with Crippen LogP contribution in [-0.4, -0.2) is 58.8 Å². The molecule has 124 valence electrons. The van der Waals surface area contributed by atoms with Crippen molar-refractivity contribution in [1.29, 1.82) is 0 Å². The minimum atomic E-state index is -0.0922. The Hall–Kier alpha value is -1.77. The molecular formula is C15H21N5O2S. The van der Waals surface area contributed by atoms with Crippen LogP contribution in [0.1, 0.15) is 5.01 Å². The third kappa shape index (κ3) is 3.95. The molecule has 0 N–H and O–H groups in total. The molecule has 2 aromatic rings. The molecule has 1 unspecified atom stereocenters. The van der Waals surface area contributed by atoms with Gasteiger partial charge in [-0.2, -0.15) is 0 Å². The van der Waals surface area contributed by atoms with E-state index in [0.29, 0.717) is 19.0 Å². The van der Waals surface area contributed by atoms with Crippen molar-refractivity contribution >= 4 is 17.2 Å². The minimum Gasteiger partial charge on any atom is -0.374 e. The summed E-state index contributed by atoms with van der Waals surface area (Å²) < 4.78 is 7.39. The molecule has 1 saturated heterocycles. The number of rotatable bonds is 5. The van der Waals surface area contributed by atoms with E-state index < -0.39 is 0 Å². The number of nitrogens with zero attached hydrogens (tertiary/aromatic N) is 5. The van der Waals surface area contributed by atoms with Crippen LogP contribution in [0.15, 0.2) is 28.8 Å². The number of ether oxygens (including phenoxy) is 1. The van der Waals surface area contributed by atoms with E-state index in [9.17, 15) is 4.79 Å². The maximum absolute atomic E-state index is 12.1. The largest absolute Gasteiger partial charge is 0.374 e. The summed E-state index contributed by atoms with van der Waals surface area (Å²) in [6, 6.07) is 0. The van der Waals surface area contributed by atoms with Gasteiger partial charge >= 0.3 is 0 Å². The van der Waals surface area contributed by atoms with Crippen LogP contribution < -0.4 is 10.5 Å². The van der Waals surface area contributed by atoms with Crippen LogP contribution in [0.2, 0.25) is 0 Å². The summed E-state index contributed by atoms with van der Waals surface area (Å²) in [5.41, 5.74) is -0.0922. The predicted octanol–water partition coefficient (Wildman–Crippen LogP) is 0.574. The van der Waals surface area contributed by atoms with E-state index in [2.05, 4.69) is 14.9 Å². The van der Waals surface area contributed by atoms with Gasteiger partial charge in [0.1, 0.15) is 5.01 Å². The lowest BCUT2D eigenvalue weighted by atomic mass is 10.2. The number of likely N-dealkylation sites (N-methyl/N-ethyl adjacent to an activating group) is 1. The number of morpholine rings is 1. The van der Waals surface area contributed by atoms with Crippen molar-refractivity contribution in [3.63, 3.8) is 0 Å². The Balaban J connectivity index is 1.60. The highest BCUT2D eigenvalue weighted by Crippen LogP contribution is 2.13. The van der Waals surface area contributed by atoms with Crippen LogP contribution in [0.4, 0.5) is 5.82 Å². The third-order valence-corrected chi connectivity index (χ3v) is 4.67. The summed E-state index contributed by atoms with van der Waals surface area (Å²) in [4.78, 5) is 24.9. The first-order chi connectivity index (χ1) is 11.1. The molecule has 1 aliphatic rings. The SMILES string of the molecule is CN(CC1CN(Cc2nccs2)CCO1)c1nccn(C)c1=O. The number of hydrogen-bond acceptors (Lipinski definition) is 7. The van der Waals surface area contributed by atoms with Gasteiger partial charge in [-0.25, -0.2) is 9.97 Å². The lowest BCUT2D eigenvalue weighted by molar-refractivity contribution is -0.0265. The van der Waals surface area contributed by atoms with Gasteiger partial charge in [-0.15, -0.1) is 11.3 Å². The Labute approximate surface area is 139 Å². The summed E-state index contributed by atoms with van der Waals surface area (Å²) in [5, 5.41) is 3.12. The van der Waals surface area contributed by atoms with Crippen LogP contribution in [0, 0.1) is 0 Å². The molecule has 0 saturated carbocycles. The van der Waals surface area contributed by atoms with Crippen molar-refractivity contribution in [2.45, 2.75) is 12.6 Å². The van der Waals surface area contributed by atoms with E-state index in [1.807, 2.05) is 23.5 Å². The second-order valence-electron chi connectivity index (χ2n) is 5.70. The Morgan fingerprint density at radius 1 is 1.43 bits per heavy atom. The maximum Gasteiger partial charge on any atom is 0.293 e. The average Bonchev–Trinajstić information content (AvgIpc) is 3.03. The van der Waals surface area contributed by atoms with Gasteiger partial charge in [0.05, 0.1) is 19.3 Å². The van der Waals surface area contributed by atoms with Crippen LogP contribution in [0.3, 0.4) is 0 Å². The van der Waals surface area contributed by atoms with Crippen molar-refractivity contribution in [2.75, 3.05) is 38.2 Å². The zero-order valence-corrected chi connectivity index (χ0v) is 14.2. The second-order valence-corrected chi connectivity index (χ2v) is 6.68. The molecule has 1 fully saturated rings. The molecule has 0 spiro atoms. The van der Waals surface area contributed by atoms with E-state index in [1.54, 1.807) is 30.8 Å². The standard InChI is InChI=1S/C15H21N5O2S/c1-18-5-3-17-14(15(18)21)19(2)9-12-10-20(6-7-22-12)11-13-16-4-8-23-13/h3-5,8,12H,6-7,9-11H2,1-2H3. The summed E-state index contributed by atoms with van der Waals surface area (Å²) in [5.74, 6) is 0.454. The van der Waals surface area contributed by atoms with Crippen molar-refractivity contribution in [2.24, 2.45) is 7.05 Å². The van der Waals surface area contributed by atoms with Crippen LogP contribution in [0.25, 0.3) is 0 Å². The van der Waals surface area contributed by atoms with Crippen molar-refractivity contribution in [3.05, 3.63) is 39.3 Å². The first-order valence-corrected chi connectivity index (χ1v) is 8.46. The van der Waals surface area contributed by atoms with Crippen LogP contribution in [-0.2, 0) is 18.3 Å². The van der Waals surface area contributed by atoms with Crippen molar-refractivity contribution in [3.8, 4) is 0 Å². The predicted molar refractivity (Wildman–Crippen MR) is 89.9 cm³/mol. The molecule has 0 aromatic carbocycles. The summed E-state index contributed by atoms with van der Waals surface area (Å²) in [6.45, 7) is 3.93. The van der Waals surface area contributed by atoms with Gasteiger partial charge in [-0.3, -0.25) is 9.69 Å². The maximum atomic E-state index is 12.1. The van der Waals surface area contributed by atoms with Gasteiger partial charge in [0, 0.05) is 57.7 Å². The van der Waals surface area contributed by atoms with Gasteiger partial charge in [0.25, 0.3) is 5.56 Å².